The van der Waals surface area contributed by atoms with Crippen molar-refractivity contribution in [3.8, 4) is 0 Å². The molecule has 1 aliphatic rings. The molecule has 7 heteroatoms. The highest BCUT2D eigenvalue weighted by molar-refractivity contribution is 7.90. The van der Waals surface area contributed by atoms with E-state index in [1.54, 1.807) is 17.4 Å². The van der Waals surface area contributed by atoms with E-state index in [0.717, 1.165) is 12.7 Å². The van der Waals surface area contributed by atoms with Crippen molar-refractivity contribution in [3.63, 3.8) is 0 Å². The van der Waals surface area contributed by atoms with Gasteiger partial charge in [0.2, 0.25) is 0 Å². The zero-order chi connectivity index (χ0) is 11.7. The summed E-state index contributed by atoms with van der Waals surface area (Å²) in [6, 6.07) is 0. The molecular formula is C8H16N2O4S. The van der Waals surface area contributed by atoms with Gasteiger partial charge in [-0.1, -0.05) is 0 Å². The summed E-state index contributed by atoms with van der Waals surface area (Å²) in [6.45, 7) is 0.656. The SMILES string of the molecule is CN1CCCC1(CS(C)(=O)=O)C(=O)NO. The molecule has 1 amide bonds. The predicted molar refractivity (Wildman–Crippen MR) is 54.2 cm³/mol. The van der Waals surface area contributed by atoms with Crippen LogP contribution in [0, 0.1) is 0 Å². The van der Waals surface area contributed by atoms with Crippen molar-refractivity contribution in [3.05, 3.63) is 0 Å². The van der Waals surface area contributed by atoms with Crippen molar-refractivity contribution in [2.75, 3.05) is 25.6 Å². The number of likely N-dealkylation sites (N-methyl/N-ethyl adjacent to an activating group) is 1. The van der Waals surface area contributed by atoms with Gasteiger partial charge in [-0.25, -0.2) is 13.9 Å². The minimum atomic E-state index is -3.27. The van der Waals surface area contributed by atoms with Gasteiger partial charge in [0.15, 0.2) is 0 Å². The number of rotatable bonds is 3. The molecule has 1 atom stereocenters. The standard InChI is InChI=1S/C8H16N2O4S/c1-10-5-3-4-8(10,7(11)9-12)6-15(2,13)14/h12H,3-6H2,1-2H3,(H,9,11). The molecule has 2 N–H and O–H groups in total. The number of nitrogens with one attached hydrogen (secondary N) is 1. The highest BCUT2D eigenvalue weighted by Crippen LogP contribution is 2.29. The third-order valence-electron chi connectivity index (χ3n) is 2.84. The van der Waals surface area contributed by atoms with Gasteiger partial charge in [0, 0.05) is 6.26 Å². The van der Waals surface area contributed by atoms with Crippen LogP contribution in [0.3, 0.4) is 0 Å². The van der Waals surface area contributed by atoms with E-state index in [-0.39, 0.29) is 5.75 Å². The monoisotopic (exact) mass is 236 g/mol. The van der Waals surface area contributed by atoms with Crippen molar-refractivity contribution in [1.82, 2.24) is 10.4 Å². The number of amides is 1. The second kappa shape index (κ2) is 4.07. The molecule has 0 aromatic carbocycles. The van der Waals surface area contributed by atoms with Crippen LogP contribution in [0.25, 0.3) is 0 Å². The number of carbonyl (C=O) groups excluding carboxylic acids is 1. The Balaban J connectivity index is 3.02. The number of hydrogen-bond acceptors (Lipinski definition) is 5. The first-order valence-electron chi connectivity index (χ1n) is 4.65. The highest BCUT2D eigenvalue weighted by Gasteiger charge is 2.47. The molecule has 0 radical (unpaired) electrons. The molecule has 6 nitrogen and oxygen atoms in total. The van der Waals surface area contributed by atoms with Crippen molar-refractivity contribution >= 4 is 15.7 Å². The molecule has 0 bridgehead atoms. The van der Waals surface area contributed by atoms with E-state index in [4.69, 9.17) is 5.21 Å². The van der Waals surface area contributed by atoms with Crippen molar-refractivity contribution in [1.29, 1.82) is 0 Å². The maximum atomic E-state index is 11.6. The third kappa shape index (κ3) is 2.47. The second-order valence-electron chi connectivity index (χ2n) is 4.07. The summed E-state index contributed by atoms with van der Waals surface area (Å²) in [7, 11) is -1.58. The number of hydroxylamine groups is 1. The summed E-state index contributed by atoms with van der Waals surface area (Å²) in [5.74, 6) is -0.906. The van der Waals surface area contributed by atoms with Crippen LogP contribution in [0.5, 0.6) is 0 Å². The minimum Gasteiger partial charge on any atom is -0.292 e. The maximum absolute atomic E-state index is 11.6. The lowest BCUT2D eigenvalue weighted by atomic mass is 9.98. The van der Waals surface area contributed by atoms with Gasteiger partial charge in [0.05, 0.1) is 5.75 Å². The van der Waals surface area contributed by atoms with E-state index in [1.807, 2.05) is 0 Å². The van der Waals surface area contributed by atoms with E-state index >= 15 is 0 Å². The molecule has 1 fully saturated rings. The smallest absolute Gasteiger partial charge is 0.264 e. The topological polar surface area (TPSA) is 86.7 Å². The predicted octanol–water partition coefficient (Wildman–Crippen LogP) is -0.999. The van der Waals surface area contributed by atoms with Gasteiger partial charge in [-0.05, 0) is 26.4 Å². The number of nitrogens with zero attached hydrogens (tertiary/aromatic N) is 1. The van der Waals surface area contributed by atoms with Gasteiger partial charge in [-0.2, -0.15) is 0 Å². The van der Waals surface area contributed by atoms with Crippen LogP contribution in [-0.2, 0) is 14.6 Å². The van der Waals surface area contributed by atoms with Gasteiger partial charge in [0.1, 0.15) is 15.4 Å². The number of hydrogen-bond donors (Lipinski definition) is 2. The summed E-state index contributed by atoms with van der Waals surface area (Å²) in [4.78, 5) is 13.2. The number of carbonyl (C=O) groups is 1. The fourth-order valence-electron chi connectivity index (χ4n) is 2.09. The quantitative estimate of drug-likeness (QED) is 0.485. The number of likely N-dealkylation sites (tertiary alicyclic amines) is 1. The average Bonchev–Trinajstić information content (AvgIpc) is 2.45. The molecule has 1 saturated heterocycles. The Bertz CT molecular complexity index is 354. The Kier molecular flexibility index (Phi) is 3.37. The Morgan fingerprint density at radius 3 is 2.53 bits per heavy atom. The summed E-state index contributed by atoms with van der Waals surface area (Å²) in [5.41, 5.74) is 0.447. The second-order valence-corrected chi connectivity index (χ2v) is 6.21. The van der Waals surface area contributed by atoms with Crippen LogP contribution in [-0.4, -0.2) is 55.6 Å². The Morgan fingerprint density at radius 1 is 1.60 bits per heavy atom. The lowest BCUT2D eigenvalue weighted by Gasteiger charge is -2.32. The summed E-state index contributed by atoms with van der Waals surface area (Å²) < 4.78 is 22.5. The molecule has 0 aromatic heterocycles. The fourth-order valence-corrected chi connectivity index (χ4v) is 3.45. The van der Waals surface area contributed by atoms with Gasteiger partial charge in [-0.3, -0.25) is 14.9 Å². The lowest BCUT2D eigenvalue weighted by Crippen LogP contribution is -2.57. The van der Waals surface area contributed by atoms with Gasteiger partial charge in [0.25, 0.3) is 5.91 Å². The van der Waals surface area contributed by atoms with E-state index in [1.165, 1.54) is 0 Å². The zero-order valence-electron chi connectivity index (χ0n) is 8.86. The Morgan fingerprint density at radius 2 is 2.20 bits per heavy atom. The van der Waals surface area contributed by atoms with Crippen LogP contribution in [0.4, 0.5) is 0 Å². The van der Waals surface area contributed by atoms with Crippen LogP contribution in [0.1, 0.15) is 12.8 Å². The summed E-state index contributed by atoms with van der Waals surface area (Å²) >= 11 is 0. The minimum absolute atomic E-state index is 0.261. The van der Waals surface area contributed by atoms with Crippen molar-refractivity contribution in [2.24, 2.45) is 0 Å². The summed E-state index contributed by atoms with van der Waals surface area (Å²) in [6.07, 6.45) is 2.29. The van der Waals surface area contributed by atoms with Crippen LogP contribution in [0.15, 0.2) is 0 Å². The Hall–Kier alpha value is -0.660. The zero-order valence-corrected chi connectivity index (χ0v) is 9.67. The van der Waals surface area contributed by atoms with Crippen LogP contribution in [0.2, 0.25) is 0 Å². The molecule has 1 heterocycles. The van der Waals surface area contributed by atoms with E-state index in [2.05, 4.69) is 0 Å². The molecule has 0 aromatic rings. The van der Waals surface area contributed by atoms with E-state index in [0.29, 0.717) is 13.0 Å². The molecule has 1 unspecified atom stereocenters. The first-order valence-corrected chi connectivity index (χ1v) is 6.71. The average molecular weight is 236 g/mol. The first-order chi connectivity index (χ1) is 6.82. The number of sulfone groups is 1. The molecule has 0 spiro atoms. The molecule has 1 rings (SSSR count). The maximum Gasteiger partial charge on any atom is 0.264 e. The van der Waals surface area contributed by atoms with E-state index in [9.17, 15) is 13.2 Å². The molecule has 15 heavy (non-hydrogen) atoms. The van der Waals surface area contributed by atoms with Gasteiger partial charge in [-0.15, -0.1) is 0 Å². The highest BCUT2D eigenvalue weighted by atomic mass is 32.2. The molecule has 0 saturated carbocycles. The van der Waals surface area contributed by atoms with Gasteiger partial charge >= 0.3 is 0 Å². The van der Waals surface area contributed by atoms with Crippen LogP contribution >= 0.6 is 0 Å². The van der Waals surface area contributed by atoms with Crippen LogP contribution < -0.4 is 5.48 Å². The van der Waals surface area contributed by atoms with Crippen molar-refractivity contribution < 1.29 is 18.4 Å². The van der Waals surface area contributed by atoms with E-state index < -0.39 is 21.3 Å². The normalized spacial score (nSPS) is 27.9. The first kappa shape index (κ1) is 12.4. The Labute approximate surface area is 89.1 Å². The van der Waals surface area contributed by atoms with Crippen molar-refractivity contribution in [2.45, 2.75) is 18.4 Å². The van der Waals surface area contributed by atoms with Gasteiger partial charge < -0.3 is 0 Å². The molecule has 0 aliphatic carbocycles. The molecule has 1 aliphatic heterocycles. The molecular weight excluding hydrogens is 220 g/mol. The summed E-state index contributed by atoms with van der Waals surface area (Å²) in [5, 5.41) is 8.65. The molecule has 88 valence electrons. The third-order valence-corrected chi connectivity index (χ3v) is 3.84. The largest absolute Gasteiger partial charge is 0.292 e. The fraction of sp³-hybridized carbons (Fsp3) is 0.875. The lowest BCUT2D eigenvalue weighted by molar-refractivity contribution is -0.138.